The first kappa shape index (κ1) is 17.2. The van der Waals surface area contributed by atoms with Gasteiger partial charge in [-0.2, -0.15) is 0 Å². The van der Waals surface area contributed by atoms with Crippen LogP contribution in [0.2, 0.25) is 0 Å². The monoisotopic (exact) mass is 380 g/mol. The number of amides is 1. The number of hydrogen-bond acceptors (Lipinski definition) is 6. The third kappa shape index (κ3) is 3.52. The summed E-state index contributed by atoms with van der Waals surface area (Å²) in [4.78, 5) is 35.9. The highest BCUT2D eigenvalue weighted by molar-refractivity contribution is 7.22. The van der Waals surface area contributed by atoms with Crippen LogP contribution in [0.1, 0.15) is 12.2 Å². The fourth-order valence-corrected chi connectivity index (χ4v) is 3.71. The number of fused-ring (bicyclic) bond motifs is 2. The highest BCUT2D eigenvalue weighted by Gasteiger charge is 2.12. The maximum Gasteiger partial charge on any atom is 0.258 e. The number of aryl methyl sites for hydroxylation is 1. The largest absolute Gasteiger partial charge is 0.494 e. The van der Waals surface area contributed by atoms with Gasteiger partial charge in [-0.1, -0.05) is 29.5 Å². The first-order chi connectivity index (χ1) is 13.1. The maximum absolute atomic E-state index is 12.3. The molecule has 2 heterocycles. The fraction of sp³-hybridized carbons (Fsp3) is 0.158. The molecule has 8 heteroatoms. The molecule has 0 spiro atoms. The number of aromatic nitrogens is 3. The number of H-pyrrole nitrogens is 1. The molecule has 0 aliphatic rings. The average molecular weight is 380 g/mol. The van der Waals surface area contributed by atoms with E-state index < -0.39 is 0 Å². The van der Waals surface area contributed by atoms with E-state index in [2.05, 4.69) is 20.3 Å². The van der Waals surface area contributed by atoms with Gasteiger partial charge in [0.25, 0.3) is 5.56 Å². The highest BCUT2D eigenvalue weighted by atomic mass is 32.1. The number of benzene rings is 2. The van der Waals surface area contributed by atoms with Crippen molar-refractivity contribution in [2.24, 2.45) is 0 Å². The summed E-state index contributed by atoms with van der Waals surface area (Å²) in [5.74, 6) is 0.964. The predicted octanol–water partition coefficient (Wildman–Crippen LogP) is 3.11. The van der Waals surface area contributed by atoms with Crippen LogP contribution in [-0.2, 0) is 11.2 Å². The summed E-state index contributed by atoms with van der Waals surface area (Å²) in [6.07, 6.45) is 0.522. The number of carbonyl (C=O) groups is 1. The first-order valence-electron chi connectivity index (χ1n) is 8.35. The molecule has 0 radical (unpaired) electrons. The van der Waals surface area contributed by atoms with Gasteiger partial charge in [-0.05, 0) is 24.3 Å². The van der Waals surface area contributed by atoms with E-state index in [1.54, 1.807) is 25.3 Å². The van der Waals surface area contributed by atoms with E-state index in [4.69, 9.17) is 4.74 Å². The summed E-state index contributed by atoms with van der Waals surface area (Å²) < 4.78 is 6.22. The summed E-state index contributed by atoms with van der Waals surface area (Å²) in [7, 11) is 1.59. The molecular weight excluding hydrogens is 364 g/mol. The molecule has 0 fully saturated rings. The normalized spacial score (nSPS) is 11.0. The predicted molar refractivity (Wildman–Crippen MR) is 105 cm³/mol. The quantitative estimate of drug-likeness (QED) is 0.554. The standard InChI is InChI=1S/C19H16N4O3S/c1-26-13-7-4-8-14-17(13)23-19(27-14)22-16(24)10-9-15-20-12-6-3-2-5-11(12)18(25)21-15/h2-8H,9-10H2,1H3,(H,20,21,25)(H,22,23,24). The van der Waals surface area contributed by atoms with Crippen LogP contribution in [0.15, 0.2) is 47.3 Å². The van der Waals surface area contributed by atoms with E-state index in [9.17, 15) is 9.59 Å². The summed E-state index contributed by atoms with van der Waals surface area (Å²) in [5, 5.41) is 3.85. The number of methoxy groups -OCH3 is 1. The van der Waals surface area contributed by atoms with E-state index in [-0.39, 0.29) is 17.9 Å². The van der Waals surface area contributed by atoms with Gasteiger partial charge in [-0.15, -0.1) is 0 Å². The number of nitrogens with zero attached hydrogens (tertiary/aromatic N) is 2. The number of hydrogen-bond donors (Lipinski definition) is 2. The van der Waals surface area contributed by atoms with Crippen LogP contribution in [0, 0.1) is 0 Å². The topological polar surface area (TPSA) is 97.0 Å². The fourth-order valence-electron chi connectivity index (χ4n) is 2.81. The van der Waals surface area contributed by atoms with Crippen LogP contribution in [0.25, 0.3) is 21.1 Å². The second-order valence-corrected chi connectivity index (χ2v) is 6.93. The zero-order valence-electron chi connectivity index (χ0n) is 14.5. The second kappa shape index (κ2) is 7.16. The van der Waals surface area contributed by atoms with Crippen LogP contribution < -0.4 is 15.6 Å². The Morgan fingerprint density at radius 2 is 2.04 bits per heavy atom. The molecule has 0 aliphatic carbocycles. The molecule has 0 saturated heterocycles. The number of rotatable bonds is 5. The van der Waals surface area contributed by atoms with Gasteiger partial charge in [0.1, 0.15) is 17.1 Å². The molecule has 2 aromatic heterocycles. The number of nitrogens with one attached hydrogen (secondary N) is 2. The molecular formula is C19H16N4O3S. The van der Waals surface area contributed by atoms with Crippen LogP contribution in [0.5, 0.6) is 5.75 Å². The van der Waals surface area contributed by atoms with Crippen molar-refractivity contribution < 1.29 is 9.53 Å². The Hall–Kier alpha value is -3.26. The van der Waals surface area contributed by atoms with Crippen molar-refractivity contribution in [3.63, 3.8) is 0 Å². The third-order valence-corrected chi connectivity index (χ3v) is 5.04. The number of carbonyl (C=O) groups excluding carboxylic acids is 1. The highest BCUT2D eigenvalue weighted by Crippen LogP contribution is 2.32. The Morgan fingerprint density at radius 3 is 2.89 bits per heavy atom. The van der Waals surface area contributed by atoms with E-state index in [1.165, 1.54) is 11.3 Å². The minimum Gasteiger partial charge on any atom is -0.494 e. The van der Waals surface area contributed by atoms with E-state index in [1.807, 2.05) is 24.3 Å². The first-order valence-corrected chi connectivity index (χ1v) is 9.17. The van der Waals surface area contributed by atoms with Gasteiger partial charge >= 0.3 is 0 Å². The van der Waals surface area contributed by atoms with E-state index in [0.29, 0.717) is 34.0 Å². The summed E-state index contributed by atoms with van der Waals surface area (Å²) in [6, 6.07) is 12.8. The molecule has 27 heavy (non-hydrogen) atoms. The lowest BCUT2D eigenvalue weighted by atomic mass is 10.2. The van der Waals surface area contributed by atoms with Crippen molar-refractivity contribution in [2.45, 2.75) is 12.8 Å². The van der Waals surface area contributed by atoms with Crippen LogP contribution in [-0.4, -0.2) is 28.0 Å². The Bertz CT molecular complexity index is 1200. The van der Waals surface area contributed by atoms with Crippen molar-refractivity contribution in [3.8, 4) is 5.75 Å². The average Bonchev–Trinajstić information content (AvgIpc) is 3.08. The van der Waals surface area contributed by atoms with Gasteiger partial charge in [0.15, 0.2) is 5.13 Å². The lowest BCUT2D eigenvalue weighted by Gasteiger charge is -2.03. The minimum absolute atomic E-state index is 0.189. The molecule has 4 rings (SSSR count). The van der Waals surface area contributed by atoms with Crippen LogP contribution in [0.4, 0.5) is 5.13 Å². The van der Waals surface area contributed by atoms with Crippen LogP contribution >= 0.6 is 11.3 Å². The number of para-hydroxylation sites is 2. The summed E-state index contributed by atoms with van der Waals surface area (Å²) in [5.41, 5.74) is 1.14. The van der Waals surface area contributed by atoms with Crippen LogP contribution in [0.3, 0.4) is 0 Å². The van der Waals surface area contributed by atoms with Crippen molar-refractivity contribution in [2.75, 3.05) is 12.4 Å². The SMILES string of the molecule is COc1cccc2sc(NC(=O)CCc3nc4ccccc4c(=O)[nH]3)nc12. The third-order valence-electron chi connectivity index (χ3n) is 4.10. The smallest absolute Gasteiger partial charge is 0.258 e. The molecule has 0 saturated carbocycles. The van der Waals surface area contributed by atoms with Gasteiger partial charge in [-0.25, -0.2) is 9.97 Å². The molecule has 1 amide bonds. The van der Waals surface area contributed by atoms with Crippen molar-refractivity contribution in [1.82, 2.24) is 15.0 Å². The Balaban J connectivity index is 1.46. The minimum atomic E-state index is -0.200. The molecule has 0 bridgehead atoms. The molecule has 2 N–H and O–H groups in total. The zero-order valence-corrected chi connectivity index (χ0v) is 15.3. The molecule has 4 aromatic rings. The summed E-state index contributed by atoms with van der Waals surface area (Å²) in [6.45, 7) is 0. The van der Waals surface area contributed by atoms with E-state index >= 15 is 0 Å². The number of thiazole rings is 1. The second-order valence-electron chi connectivity index (χ2n) is 5.90. The van der Waals surface area contributed by atoms with Gasteiger partial charge in [-0.3, -0.25) is 9.59 Å². The van der Waals surface area contributed by atoms with Gasteiger partial charge in [0.2, 0.25) is 5.91 Å². The Labute approximate surface area is 158 Å². The molecule has 136 valence electrons. The van der Waals surface area contributed by atoms with Gasteiger partial charge < -0.3 is 15.0 Å². The maximum atomic E-state index is 12.3. The van der Waals surface area contributed by atoms with Crippen molar-refractivity contribution >= 4 is 43.5 Å². The molecule has 0 atom stereocenters. The molecule has 2 aromatic carbocycles. The molecule has 7 nitrogen and oxygen atoms in total. The lowest BCUT2D eigenvalue weighted by molar-refractivity contribution is -0.116. The number of aromatic amines is 1. The van der Waals surface area contributed by atoms with Crippen molar-refractivity contribution in [1.29, 1.82) is 0 Å². The van der Waals surface area contributed by atoms with Gasteiger partial charge in [0, 0.05) is 12.8 Å². The molecule has 0 unspecified atom stereocenters. The zero-order chi connectivity index (χ0) is 18.8. The van der Waals surface area contributed by atoms with E-state index in [0.717, 1.165) is 10.2 Å². The Kier molecular flexibility index (Phi) is 4.55. The lowest BCUT2D eigenvalue weighted by Crippen LogP contribution is -2.16. The van der Waals surface area contributed by atoms with Gasteiger partial charge in [0.05, 0.1) is 22.7 Å². The number of anilines is 1. The Morgan fingerprint density at radius 1 is 1.19 bits per heavy atom. The summed E-state index contributed by atoms with van der Waals surface area (Å²) >= 11 is 1.38. The number of ether oxygens (including phenoxy) is 1. The molecule has 0 aliphatic heterocycles. The van der Waals surface area contributed by atoms with Crippen molar-refractivity contribution in [3.05, 3.63) is 58.6 Å².